The Morgan fingerprint density at radius 1 is 1.40 bits per heavy atom. The normalized spacial score (nSPS) is 33.6. The van der Waals surface area contributed by atoms with Crippen LogP contribution in [0.3, 0.4) is 0 Å². The summed E-state index contributed by atoms with van der Waals surface area (Å²) in [4.78, 5) is 0. The summed E-state index contributed by atoms with van der Waals surface area (Å²) in [5.74, 6) is 0. The van der Waals surface area contributed by atoms with Gasteiger partial charge in [0.2, 0.25) is 0 Å². The van der Waals surface area contributed by atoms with Gasteiger partial charge in [-0.25, -0.2) is 0 Å². The lowest BCUT2D eigenvalue weighted by atomic mass is 10.1. The zero-order chi connectivity index (χ0) is 7.72. The third kappa shape index (κ3) is 1.09. The van der Waals surface area contributed by atoms with Crippen molar-refractivity contribution in [3.8, 4) is 0 Å². The fourth-order valence-corrected chi connectivity index (χ4v) is 1.45. The summed E-state index contributed by atoms with van der Waals surface area (Å²) in [6, 6.07) is 0.398. The van der Waals surface area contributed by atoms with Crippen LogP contribution in [0.5, 0.6) is 0 Å². The Balaban J connectivity index is 2.73. The van der Waals surface area contributed by atoms with E-state index in [9.17, 15) is 5.11 Å². The number of nitrogens with one attached hydrogen (secondary N) is 1. The summed E-state index contributed by atoms with van der Waals surface area (Å²) < 4.78 is 0. The fraction of sp³-hybridized carbons (Fsp3) is 0.750. The molecule has 2 nitrogen and oxygen atoms in total. The monoisotopic (exact) mass is 141 g/mol. The molecule has 2 atom stereocenters. The molecule has 1 rings (SSSR count). The first-order valence-electron chi connectivity index (χ1n) is 3.69. The largest absolute Gasteiger partial charge is 0.389 e. The van der Waals surface area contributed by atoms with Gasteiger partial charge in [-0.3, -0.25) is 0 Å². The maximum absolute atomic E-state index is 9.37. The molecule has 1 aliphatic carbocycles. The Bertz CT molecular complexity index is 163. The zero-order valence-corrected chi connectivity index (χ0v) is 6.81. The van der Waals surface area contributed by atoms with Crippen molar-refractivity contribution in [3.05, 3.63) is 11.1 Å². The van der Waals surface area contributed by atoms with E-state index < -0.39 is 0 Å². The van der Waals surface area contributed by atoms with Gasteiger partial charge >= 0.3 is 0 Å². The van der Waals surface area contributed by atoms with E-state index in [4.69, 9.17) is 0 Å². The van der Waals surface area contributed by atoms with Crippen molar-refractivity contribution in [2.24, 2.45) is 0 Å². The minimum atomic E-state index is -0.211. The fourth-order valence-electron chi connectivity index (χ4n) is 1.45. The summed E-state index contributed by atoms with van der Waals surface area (Å²) in [6.07, 6.45) is 0.631. The molecule has 0 saturated carbocycles. The second kappa shape index (κ2) is 2.72. The highest BCUT2D eigenvalue weighted by molar-refractivity contribution is 5.26. The molecule has 2 unspecified atom stereocenters. The molecule has 0 fully saturated rings. The van der Waals surface area contributed by atoms with Crippen LogP contribution in [-0.4, -0.2) is 24.3 Å². The number of likely N-dealkylation sites (N-methyl/N-ethyl adjacent to an activating group) is 1. The standard InChI is InChI=1S/C8H15NO/c1-5-6(2)8(10)4-7(5)9-3/h7-10H,4H2,1-3H3. The topological polar surface area (TPSA) is 32.3 Å². The predicted molar refractivity (Wildman–Crippen MR) is 41.8 cm³/mol. The Morgan fingerprint density at radius 3 is 2.20 bits per heavy atom. The van der Waals surface area contributed by atoms with E-state index in [0.29, 0.717) is 6.04 Å². The molecule has 10 heavy (non-hydrogen) atoms. The maximum Gasteiger partial charge on any atom is 0.0768 e. The van der Waals surface area contributed by atoms with E-state index in [2.05, 4.69) is 12.2 Å². The van der Waals surface area contributed by atoms with Crippen LogP contribution in [0, 0.1) is 0 Å². The number of aliphatic hydroxyl groups is 1. The van der Waals surface area contributed by atoms with Crippen LogP contribution < -0.4 is 5.32 Å². The van der Waals surface area contributed by atoms with Crippen molar-refractivity contribution >= 4 is 0 Å². The van der Waals surface area contributed by atoms with Gasteiger partial charge in [-0.05, 0) is 32.9 Å². The van der Waals surface area contributed by atoms with Gasteiger partial charge in [0.25, 0.3) is 0 Å². The molecule has 0 heterocycles. The molecule has 0 aliphatic heterocycles. The van der Waals surface area contributed by atoms with Crippen molar-refractivity contribution in [2.45, 2.75) is 32.4 Å². The molecule has 2 N–H and O–H groups in total. The van der Waals surface area contributed by atoms with Crippen molar-refractivity contribution < 1.29 is 5.11 Å². The zero-order valence-electron chi connectivity index (χ0n) is 6.81. The van der Waals surface area contributed by atoms with Gasteiger partial charge in [0.1, 0.15) is 0 Å². The second-order valence-corrected chi connectivity index (χ2v) is 2.96. The molecule has 58 valence electrons. The smallest absolute Gasteiger partial charge is 0.0768 e. The quantitative estimate of drug-likeness (QED) is 0.526. The molecular weight excluding hydrogens is 126 g/mol. The average Bonchev–Trinajstić information content (AvgIpc) is 2.17. The summed E-state index contributed by atoms with van der Waals surface area (Å²) in [5.41, 5.74) is 2.44. The molecule has 0 aromatic rings. The van der Waals surface area contributed by atoms with Crippen LogP contribution >= 0.6 is 0 Å². The number of hydrogen-bond acceptors (Lipinski definition) is 2. The number of aliphatic hydroxyl groups excluding tert-OH is 1. The predicted octanol–water partition coefficient (Wildman–Crippen LogP) is 0.675. The lowest BCUT2D eigenvalue weighted by Gasteiger charge is -2.08. The lowest BCUT2D eigenvalue weighted by Crippen LogP contribution is -2.24. The van der Waals surface area contributed by atoms with Crippen LogP contribution in [0.1, 0.15) is 20.3 Å². The third-order valence-corrected chi connectivity index (χ3v) is 2.45. The van der Waals surface area contributed by atoms with Gasteiger partial charge in [0.05, 0.1) is 6.10 Å². The molecule has 0 amide bonds. The van der Waals surface area contributed by atoms with Gasteiger partial charge in [0.15, 0.2) is 0 Å². The van der Waals surface area contributed by atoms with Gasteiger partial charge in [0, 0.05) is 6.04 Å². The third-order valence-electron chi connectivity index (χ3n) is 2.45. The van der Waals surface area contributed by atoms with Crippen LogP contribution in [0.4, 0.5) is 0 Å². The molecule has 0 aromatic heterocycles. The van der Waals surface area contributed by atoms with Crippen LogP contribution in [0.2, 0.25) is 0 Å². The van der Waals surface area contributed by atoms with E-state index >= 15 is 0 Å². The van der Waals surface area contributed by atoms with E-state index in [1.165, 1.54) is 5.57 Å². The van der Waals surface area contributed by atoms with Gasteiger partial charge in [-0.1, -0.05) is 5.57 Å². The highest BCUT2D eigenvalue weighted by Gasteiger charge is 2.25. The summed E-state index contributed by atoms with van der Waals surface area (Å²) >= 11 is 0. The van der Waals surface area contributed by atoms with E-state index in [1.807, 2.05) is 14.0 Å². The molecule has 0 radical (unpaired) electrons. The SMILES string of the molecule is CNC1CC(O)C(C)=C1C. The Morgan fingerprint density at radius 2 is 2.00 bits per heavy atom. The van der Waals surface area contributed by atoms with Gasteiger partial charge < -0.3 is 10.4 Å². The molecule has 0 spiro atoms. The Labute approximate surface area is 61.9 Å². The molecular formula is C8H15NO. The molecule has 0 bridgehead atoms. The van der Waals surface area contributed by atoms with E-state index in [-0.39, 0.29) is 6.10 Å². The van der Waals surface area contributed by atoms with Crippen LogP contribution in [0.25, 0.3) is 0 Å². The van der Waals surface area contributed by atoms with E-state index in [0.717, 1.165) is 12.0 Å². The van der Waals surface area contributed by atoms with E-state index in [1.54, 1.807) is 0 Å². The first-order valence-corrected chi connectivity index (χ1v) is 3.69. The first kappa shape index (κ1) is 7.76. The minimum Gasteiger partial charge on any atom is -0.389 e. The number of rotatable bonds is 1. The van der Waals surface area contributed by atoms with Crippen LogP contribution in [-0.2, 0) is 0 Å². The maximum atomic E-state index is 9.37. The molecule has 1 aliphatic rings. The Kier molecular flexibility index (Phi) is 2.11. The highest BCUT2D eigenvalue weighted by atomic mass is 16.3. The van der Waals surface area contributed by atoms with Gasteiger partial charge in [-0.2, -0.15) is 0 Å². The minimum absolute atomic E-state index is 0.211. The molecule has 0 saturated heterocycles. The first-order chi connectivity index (χ1) is 4.66. The average molecular weight is 141 g/mol. The number of hydrogen-bond donors (Lipinski definition) is 2. The summed E-state index contributed by atoms with van der Waals surface area (Å²) in [6.45, 7) is 4.07. The Hall–Kier alpha value is -0.340. The van der Waals surface area contributed by atoms with Crippen molar-refractivity contribution in [3.63, 3.8) is 0 Å². The summed E-state index contributed by atoms with van der Waals surface area (Å²) in [7, 11) is 1.93. The highest BCUT2D eigenvalue weighted by Crippen LogP contribution is 2.25. The summed E-state index contributed by atoms with van der Waals surface area (Å²) in [5, 5.41) is 12.5. The lowest BCUT2D eigenvalue weighted by molar-refractivity contribution is 0.205. The van der Waals surface area contributed by atoms with Crippen molar-refractivity contribution in [1.82, 2.24) is 5.32 Å². The van der Waals surface area contributed by atoms with Crippen molar-refractivity contribution in [1.29, 1.82) is 0 Å². The molecule has 2 heteroatoms. The second-order valence-electron chi connectivity index (χ2n) is 2.96. The van der Waals surface area contributed by atoms with Crippen molar-refractivity contribution in [2.75, 3.05) is 7.05 Å². The van der Waals surface area contributed by atoms with Crippen LogP contribution in [0.15, 0.2) is 11.1 Å². The molecule has 0 aromatic carbocycles. The van der Waals surface area contributed by atoms with Gasteiger partial charge in [-0.15, -0.1) is 0 Å².